The van der Waals surface area contributed by atoms with Crippen molar-refractivity contribution in [3.63, 3.8) is 0 Å². The summed E-state index contributed by atoms with van der Waals surface area (Å²) in [7, 11) is 0. The first kappa shape index (κ1) is 5.76. The second-order valence-electron chi connectivity index (χ2n) is 3.84. The Morgan fingerprint density at radius 3 is 2.11 bits per heavy atom. The fraction of sp³-hybridized carbons (Fsp3) is 1.00. The van der Waals surface area contributed by atoms with Crippen LogP contribution in [0.1, 0.15) is 33.1 Å². The fourth-order valence-corrected chi connectivity index (χ4v) is 2.97. The Balaban J connectivity index is 1.97. The molecule has 2 aliphatic carbocycles. The lowest BCUT2D eigenvalue weighted by molar-refractivity contribution is -0.0932. The van der Waals surface area contributed by atoms with Gasteiger partial charge in [-0.15, -0.1) is 0 Å². The van der Waals surface area contributed by atoms with Crippen LogP contribution in [0.4, 0.5) is 0 Å². The lowest BCUT2D eigenvalue weighted by atomic mass is 9.47. The average Bonchev–Trinajstić information content (AvgIpc) is 1.79. The third-order valence-electron chi connectivity index (χ3n) is 3.76. The van der Waals surface area contributed by atoms with Crippen LogP contribution in [-0.2, 0) is 0 Å². The summed E-state index contributed by atoms with van der Waals surface area (Å²) in [6.07, 6.45) is 4.53. The molecule has 0 amide bonds. The largest absolute Gasteiger partial charge is 0.0651 e. The topological polar surface area (TPSA) is 0 Å². The highest BCUT2D eigenvalue weighted by molar-refractivity contribution is 5.00. The lowest BCUT2D eigenvalue weighted by Crippen LogP contribution is -2.51. The van der Waals surface area contributed by atoms with Gasteiger partial charge in [0.25, 0.3) is 0 Å². The molecule has 0 spiro atoms. The molecular formula is C9H16. The molecule has 0 heterocycles. The van der Waals surface area contributed by atoms with E-state index in [-0.39, 0.29) is 0 Å². The van der Waals surface area contributed by atoms with E-state index in [2.05, 4.69) is 13.8 Å². The predicted octanol–water partition coefficient (Wildman–Crippen LogP) is 2.69. The molecule has 9 heavy (non-hydrogen) atoms. The minimum atomic E-state index is 1.08. The summed E-state index contributed by atoms with van der Waals surface area (Å²) in [5, 5.41) is 0. The van der Waals surface area contributed by atoms with Crippen LogP contribution >= 0.6 is 0 Å². The quantitative estimate of drug-likeness (QED) is 0.504. The maximum Gasteiger partial charge on any atom is -0.0352 e. The Kier molecular flexibility index (Phi) is 1.12. The maximum absolute atomic E-state index is 2.44. The van der Waals surface area contributed by atoms with Gasteiger partial charge < -0.3 is 0 Å². The monoisotopic (exact) mass is 124 g/mol. The van der Waals surface area contributed by atoms with Gasteiger partial charge in [0.15, 0.2) is 0 Å². The van der Waals surface area contributed by atoms with Crippen molar-refractivity contribution in [2.24, 2.45) is 23.7 Å². The molecule has 0 bridgehead atoms. The van der Waals surface area contributed by atoms with Crippen LogP contribution in [-0.4, -0.2) is 0 Å². The van der Waals surface area contributed by atoms with Gasteiger partial charge in [-0.25, -0.2) is 0 Å². The molecule has 0 aromatic rings. The Hall–Kier alpha value is 0. The van der Waals surface area contributed by atoms with Crippen molar-refractivity contribution in [3.8, 4) is 0 Å². The highest BCUT2D eigenvalue weighted by Gasteiger charge is 2.51. The average molecular weight is 124 g/mol. The molecule has 0 N–H and O–H groups in total. The van der Waals surface area contributed by atoms with E-state index >= 15 is 0 Å². The zero-order chi connectivity index (χ0) is 6.43. The van der Waals surface area contributed by atoms with Crippen molar-refractivity contribution in [1.29, 1.82) is 0 Å². The molecule has 2 fully saturated rings. The molecule has 2 saturated carbocycles. The van der Waals surface area contributed by atoms with E-state index in [4.69, 9.17) is 0 Å². The maximum atomic E-state index is 2.44. The molecule has 0 aromatic heterocycles. The van der Waals surface area contributed by atoms with Crippen molar-refractivity contribution in [2.45, 2.75) is 33.1 Å². The Bertz CT molecular complexity index is 111. The standard InChI is InChI=1S/C9H16/c1-3-7-6(2)8-4-5-9(7)8/h6-9H,3-5H2,1-2H3. The van der Waals surface area contributed by atoms with E-state index in [1.54, 1.807) is 12.8 Å². The second kappa shape index (κ2) is 1.74. The van der Waals surface area contributed by atoms with Crippen molar-refractivity contribution < 1.29 is 0 Å². The molecule has 0 aliphatic heterocycles. The normalized spacial score (nSPS) is 55.3. The van der Waals surface area contributed by atoms with E-state index in [1.807, 2.05) is 0 Å². The van der Waals surface area contributed by atoms with Gasteiger partial charge in [0.1, 0.15) is 0 Å². The van der Waals surface area contributed by atoms with Crippen LogP contribution in [0.5, 0.6) is 0 Å². The predicted molar refractivity (Wildman–Crippen MR) is 39.2 cm³/mol. The van der Waals surface area contributed by atoms with E-state index in [9.17, 15) is 0 Å². The first-order valence-corrected chi connectivity index (χ1v) is 4.34. The van der Waals surface area contributed by atoms with Gasteiger partial charge in [-0.1, -0.05) is 20.3 Å². The van der Waals surface area contributed by atoms with Crippen molar-refractivity contribution in [1.82, 2.24) is 0 Å². The zero-order valence-electron chi connectivity index (χ0n) is 6.43. The lowest BCUT2D eigenvalue weighted by Gasteiger charge is -2.58. The van der Waals surface area contributed by atoms with Gasteiger partial charge >= 0.3 is 0 Å². The summed E-state index contributed by atoms with van der Waals surface area (Å²) in [6.45, 7) is 4.78. The van der Waals surface area contributed by atoms with Crippen molar-refractivity contribution >= 4 is 0 Å². The molecule has 0 heteroatoms. The van der Waals surface area contributed by atoms with E-state index in [0.29, 0.717) is 0 Å². The Morgan fingerprint density at radius 1 is 1.22 bits per heavy atom. The van der Waals surface area contributed by atoms with E-state index in [0.717, 1.165) is 17.8 Å². The smallest absolute Gasteiger partial charge is 0.0352 e. The summed E-state index contributed by atoms with van der Waals surface area (Å²) in [5.74, 6) is 4.53. The van der Waals surface area contributed by atoms with E-state index < -0.39 is 0 Å². The highest BCUT2D eigenvalue weighted by atomic mass is 14.6. The molecular weight excluding hydrogens is 108 g/mol. The van der Waals surface area contributed by atoms with Gasteiger partial charge in [0, 0.05) is 0 Å². The fourth-order valence-electron chi connectivity index (χ4n) is 2.97. The third-order valence-corrected chi connectivity index (χ3v) is 3.76. The van der Waals surface area contributed by atoms with Gasteiger partial charge in [0.2, 0.25) is 0 Å². The summed E-state index contributed by atoms with van der Waals surface area (Å²) in [6, 6.07) is 0. The van der Waals surface area contributed by atoms with Crippen molar-refractivity contribution in [3.05, 3.63) is 0 Å². The number of fused-ring (bicyclic) bond motifs is 1. The molecule has 0 aromatic carbocycles. The second-order valence-corrected chi connectivity index (χ2v) is 3.84. The highest BCUT2D eigenvalue weighted by Crippen LogP contribution is 2.59. The molecule has 0 radical (unpaired) electrons. The van der Waals surface area contributed by atoms with Crippen LogP contribution in [0.25, 0.3) is 0 Å². The van der Waals surface area contributed by atoms with Gasteiger partial charge in [-0.2, -0.15) is 0 Å². The van der Waals surface area contributed by atoms with E-state index in [1.165, 1.54) is 12.3 Å². The Morgan fingerprint density at radius 2 is 1.89 bits per heavy atom. The molecule has 0 saturated heterocycles. The number of hydrogen-bond acceptors (Lipinski definition) is 0. The molecule has 4 atom stereocenters. The summed E-state index contributed by atoms with van der Waals surface area (Å²) in [5.41, 5.74) is 0. The van der Waals surface area contributed by atoms with Gasteiger partial charge in [0.05, 0.1) is 0 Å². The molecule has 52 valence electrons. The van der Waals surface area contributed by atoms with Gasteiger partial charge in [-0.3, -0.25) is 0 Å². The number of hydrogen-bond donors (Lipinski definition) is 0. The van der Waals surface area contributed by atoms with Crippen LogP contribution in [0.2, 0.25) is 0 Å². The first-order valence-electron chi connectivity index (χ1n) is 4.34. The summed E-state index contributed by atoms with van der Waals surface area (Å²) >= 11 is 0. The van der Waals surface area contributed by atoms with Crippen molar-refractivity contribution in [2.75, 3.05) is 0 Å². The summed E-state index contributed by atoms with van der Waals surface area (Å²) in [4.78, 5) is 0. The molecule has 2 aliphatic rings. The van der Waals surface area contributed by atoms with Crippen LogP contribution < -0.4 is 0 Å². The summed E-state index contributed by atoms with van der Waals surface area (Å²) < 4.78 is 0. The van der Waals surface area contributed by atoms with Gasteiger partial charge in [-0.05, 0) is 36.5 Å². The Labute approximate surface area is 57.6 Å². The number of rotatable bonds is 1. The molecule has 2 rings (SSSR count). The SMILES string of the molecule is CCC1C(C)C2CCC12. The first-order chi connectivity index (χ1) is 4.34. The molecule has 0 nitrogen and oxygen atoms in total. The minimum Gasteiger partial charge on any atom is -0.0651 e. The zero-order valence-corrected chi connectivity index (χ0v) is 6.43. The van der Waals surface area contributed by atoms with Crippen LogP contribution in [0, 0.1) is 23.7 Å². The van der Waals surface area contributed by atoms with Crippen LogP contribution in [0.3, 0.4) is 0 Å². The molecule has 4 unspecified atom stereocenters. The van der Waals surface area contributed by atoms with Crippen LogP contribution in [0.15, 0.2) is 0 Å². The third kappa shape index (κ3) is 0.544. The minimum absolute atomic E-state index is 1.08.